The van der Waals surface area contributed by atoms with Crippen LogP contribution in [0.2, 0.25) is 0 Å². The van der Waals surface area contributed by atoms with E-state index < -0.39 is 11.1 Å². The van der Waals surface area contributed by atoms with Gasteiger partial charge >= 0.3 is 0 Å². The van der Waals surface area contributed by atoms with Gasteiger partial charge < -0.3 is 5.32 Å². The lowest BCUT2D eigenvalue weighted by Gasteiger charge is -2.18. The zero-order valence-corrected chi connectivity index (χ0v) is 16.1. The van der Waals surface area contributed by atoms with Gasteiger partial charge in [-0.25, -0.2) is 0 Å². The zero-order chi connectivity index (χ0) is 18.9. The number of imide groups is 1. The van der Waals surface area contributed by atoms with Crippen molar-refractivity contribution in [2.45, 2.75) is 18.3 Å². The fourth-order valence-electron chi connectivity index (χ4n) is 3.12. The lowest BCUT2D eigenvalue weighted by atomic mass is 9.96. The minimum absolute atomic E-state index is 0.00503. The van der Waals surface area contributed by atoms with Crippen molar-refractivity contribution in [3.63, 3.8) is 0 Å². The number of benzene rings is 1. The van der Waals surface area contributed by atoms with Gasteiger partial charge in [0.05, 0.1) is 4.91 Å². The highest BCUT2D eigenvalue weighted by Crippen LogP contribution is 2.47. The Morgan fingerprint density at radius 3 is 2.59 bits per heavy atom. The fraction of sp³-hybridized carbons (Fsp3) is 0.250. The van der Waals surface area contributed by atoms with Crippen LogP contribution in [0.3, 0.4) is 0 Å². The second-order valence-electron chi connectivity index (χ2n) is 6.71. The predicted octanol–water partition coefficient (Wildman–Crippen LogP) is 3.63. The first-order chi connectivity index (χ1) is 13.1. The van der Waals surface area contributed by atoms with E-state index in [1.807, 2.05) is 35.7 Å². The van der Waals surface area contributed by atoms with Crippen LogP contribution < -0.4 is 5.32 Å². The zero-order valence-electron chi connectivity index (χ0n) is 14.5. The Bertz CT molecular complexity index is 903. The molecule has 2 fully saturated rings. The van der Waals surface area contributed by atoms with Gasteiger partial charge in [-0.05, 0) is 47.7 Å². The van der Waals surface area contributed by atoms with Gasteiger partial charge in [0.25, 0.3) is 11.1 Å². The number of carbonyl (C=O) groups is 3. The van der Waals surface area contributed by atoms with Gasteiger partial charge in [-0.1, -0.05) is 36.4 Å². The Balaban J connectivity index is 1.36. The molecule has 138 valence electrons. The first-order valence-electron chi connectivity index (χ1n) is 8.69. The number of hydrogen-bond donors (Lipinski definition) is 1. The largest absolute Gasteiger partial charge is 0.354 e. The van der Waals surface area contributed by atoms with E-state index in [0.29, 0.717) is 11.4 Å². The Hall–Kier alpha value is -2.38. The van der Waals surface area contributed by atoms with Crippen LogP contribution in [0.5, 0.6) is 0 Å². The fourth-order valence-corrected chi connectivity index (χ4v) is 4.68. The minimum atomic E-state index is -0.405. The molecule has 1 N–H and O–H groups in total. The molecule has 2 heterocycles. The van der Waals surface area contributed by atoms with Gasteiger partial charge in [0, 0.05) is 16.8 Å². The molecule has 1 aliphatic heterocycles. The predicted molar refractivity (Wildman–Crippen MR) is 107 cm³/mol. The molecule has 0 spiro atoms. The second kappa shape index (κ2) is 7.32. The SMILES string of the molecule is O=C(CN1C(=O)S/C(=C\c2cccs2)C1=O)NCC1(c2ccccc2)CC1. The van der Waals surface area contributed by atoms with Gasteiger partial charge in [-0.3, -0.25) is 19.3 Å². The summed E-state index contributed by atoms with van der Waals surface area (Å²) in [5.74, 6) is -0.713. The lowest BCUT2D eigenvalue weighted by Crippen LogP contribution is -2.42. The van der Waals surface area contributed by atoms with Gasteiger partial charge in [0.15, 0.2) is 0 Å². The van der Waals surface area contributed by atoms with Crippen molar-refractivity contribution < 1.29 is 14.4 Å². The molecular weight excluding hydrogens is 380 g/mol. The smallest absolute Gasteiger partial charge is 0.294 e. The Labute approximate surface area is 165 Å². The van der Waals surface area contributed by atoms with E-state index in [9.17, 15) is 14.4 Å². The summed E-state index contributed by atoms with van der Waals surface area (Å²) in [6, 6.07) is 13.9. The number of thiophene rings is 1. The summed E-state index contributed by atoms with van der Waals surface area (Å²) in [5, 5.41) is 4.41. The van der Waals surface area contributed by atoms with E-state index in [-0.39, 0.29) is 17.9 Å². The Morgan fingerprint density at radius 1 is 1.15 bits per heavy atom. The molecule has 1 aromatic heterocycles. The average molecular weight is 399 g/mol. The monoisotopic (exact) mass is 398 g/mol. The topological polar surface area (TPSA) is 66.5 Å². The van der Waals surface area contributed by atoms with E-state index in [4.69, 9.17) is 0 Å². The lowest BCUT2D eigenvalue weighted by molar-refractivity contribution is -0.129. The van der Waals surface area contributed by atoms with Crippen molar-refractivity contribution in [2.75, 3.05) is 13.1 Å². The van der Waals surface area contributed by atoms with Crippen LogP contribution in [0.25, 0.3) is 6.08 Å². The normalized spacial score (nSPS) is 19.6. The van der Waals surface area contributed by atoms with Crippen LogP contribution in [0.4, 0.5) is 4.79 Å². The molecule has 0 bridgehead atoms. The summed E-state index contributed by atoms with van der Waals surface area (Å²) in [4.78, 5) is 39.2. The van der Waals surface area contributed by atoms with E-state index >= 15 is 0 Å². The van der Waals surface area contributed by atoms with E-state index in [1.165, 1.54) is 16.9 Å². The quantitative estimate of drug-likeness (QED) is 0.755. The summed E-state index contributed by atoms with van der Waals surface area (Å²) in [6.07, 6.45) is 3.76. The standard InChI is InChI=1S/C20H18N2O3S2/c23-17(21-13-20(8-9-20)14-5-2-1-3-6-14)12-22-18(24)16(27-19(22)25)11-15-7-4-10-26-15/h1-7,10-11H,8-9,12-13H2,(H,21,23)/b16-11-. The summed E-state index contributed by atoms with van der Waals surface area (Å²) in [5.41, 5.74) is 1.21. The molecule has 4 rings (SSSR count). The number of rotatable bonds is 6. The van der Waals surface area contributed by atoms with Crippen LogP contribution in [0, 0.1) is 0 Å². The molecule has 1 aromatic carbocycles. The maximum absolute atomic E-state index is 12.5. The Kier molecular flexibility index (Phi) is 4.88. The highest BCUT2D eigenvalue weighted by molar-refractivity contribution is 8.18. The summed E-state index contributed by atoms with van der Waals surface area (Å²) in [7, 11) is 0. The molecular formula is C20H18N2O3S2. The van der Waals surface area contributed by atoms with E-state index in [0.717, 1.165) is 34.4 Å². The van der Waals surface area contributed by atoms with Crippen LogP contribution >= 0.6 is 23.1 Å². The van der Waals surface area contributed by atoms with Gasteiger partial charge in [-0.2, -0.15) is 0 Å². The van der Waals surface area contributed by atoms with Crippen molar-refractivity contribution in [3.8, 4) is 0 Å². The number of carbonyl (C=O) groups excluding carboxylic acids is 3. The number of nitrogens with one attached hydrogen (secondary N) is 1. The highest BCUT2D eigenvalue weighted by atomic mass is 32.2. The van der Waals surface area contributed by atoms with Gasteiger partial charge in [0.1, 0.15) is 6.54 Å². The van der Waals surface area contributed by atoms with E-state index in [2.05, 4.69) is 17.4 Å². The number of nitrogens with zero attached hydrogens (tertiary/aromatic N) is 1. The maximum atomic E-state index is 12.5. The van der Waals surface area contributed by atoms with Crippen molar-refractivity contribution in [3.05, 3.63) is 63.2 Å². The van der Waals surface area contributed by atoms with Crippen molar-refractivity contribution in [1.82, 2.24) is 10.2 Å². The molecule has 1 aliphatic carbocycles. The highest BCUT2D eigenvalue weighted by Gasteiger charge is 2.44. The first kappa shape index (κ1) is 18.0. The maximum Gasteiger partial charge on any atom is 0.294 e. The first-order valence-corrected chi connectivity index (χ1v) is 10.4. The molecule has 7 heteroatoms. The molecule has 27 heavy (non-hydrogen) atoms. The third-order valence-electron chi connectivity index (χ3n) is 4.86. The number of amides is 3. The summed E-state index contributed by atoms with van der Waals surface area (Å²) < 4.78 is 0. The van der Waals surface area contributed by atoms with E-state index in [1.54, 1.807) is 6.08 Å². The minimum Gasteiger partial charge on any atom is -0.354 e. The van der Waals surface area contributed by atoms with Crippen LogP contribution in [0.15, 0.2) is 52.7 Å². The van der Waals surface area contributed by atoms with Gasteiger partial charge in [-0.15, -0.1) is 11.3 Å². The van der Waals surface area contributed by atoms with Crippen molar-refractivity contribution >= 4 is 46.2 Å². The number of hydrogen-bond acceptors (Lipinski definition) is 5. The molecule has 2 aliphatic rings. The van der Waals surface area contributed by atoms with Crippen LogP contribution in [0.1, 0.15) is 23.3 Å². The molecule has 1 saturated heterocycles. The molecule has 2 aromatic rings. The molecule has 0 unspecified atom stereocenters. The molecule has 0 radical (unpaired) electrons. The molecule has 0 atom stereocenters. The molecule has 3 amide bonds. The third-order valence-corrected chi connectivity index (χ3v) is 6.58. The van der Waals surface area contributed by atoms with Crippen LogP contribution in [-0.4, -0.2) is 35.0 Å². The summed E-state index contributed by atoms with van der Waals surface area (Å²) >= 11 is 2.37. The average Bonchev–Trinajstić information content (AvgIpc) is 3.22. The second-order valence-corrected chi connectivity index (χ2v) is 8.68. The molecule has 1 saturated carbocycles. The molecule has 5 nitrogen and oxygen atoms in total. The van der Waals surface area contributed by atoms with Gasteiger partial charge in [0.2, 0.25) is 5.91 Å². The van der Waals surface area contributed by atoms with Crippen LogP contribution in [-0.2, 0) is 15.0 Å². The number of thioether (sulfide) groups is 1. The van der Waals surface area contributed by atoms with Crippen molar-refractivity contribution in [1.29, 1.82) is 0 Å². The third kappa shape index (κ3) is 3.84. The summed E-state index contributed by atoms with van der Waals surface area (Å²) in [6.45, 7) is 0.286. The van der Waals surface area contributed by atoms with Crippen molar-refractivity contribution in [2.24, 2.45) is 0 Å². The Morgan fingerprint density at radius 2 is 1.93 bits per heavy atom.